The second kappa shape index (κ2) is 5.26. The Labute approximate surface area is 108 Å². The van der Waals surface area contributed by atoms with Crippen LogP contribution in [0.2, 0.25) is 0 Å². The van der Waals surface area contributed by atoms with Crippen LogP contribution >= 0.6 is 0 Å². The second-order valence-corrected chi connectivity index (χ2v) is 6.19. The minimum atomic E-state index is -3.43. The number of nitrogens with one attached hydrogen (secondary N) is 1. The molecule has 0 spiro atoms. The summed E-state index contributed by atoms with van der Waals surface area (Å²) in [7, 11) is -1.64. The largest absolute Gasteiger partial charge is 0.464 e. The maximum Gasteiger partial charge on any atom is 0.246 e. The van der Waals surface area contributed by atoms with Gasteiger partial charge in [-0.1, -0.05) is 12.2 Å². The van der Waals surface area contributed by atoms with E-state index in [2.05, 4.69) is 5.32 Å². The summed E-state index contributed by atoms with van der Waals surface area (Å²) in [4.78, 5) is 0.281. The van der Waals surface area contributed by atoms with E-state index in [-0.39, 0.29) is 4.90 Å². The molecule has 0 fully saturated rings. The van der Waals surface area contributed by atoms with E-state index < -0.39 is 10.0 Å². The summed E-state index contributed by atoms with van der Waals surface area (Å²) >= 11 is 0. The van der Waals surface area contributed by atoms with Crippen LogP contribution in [0.5, 0.6) is 0 Å². The topological polar surface area (TPSA) is 62.6 Å². The Morgan fingerprint density at radius 1 is 1.44 bits per heavy atom. The molecule has 18 heavy (non-hydrogen) atoms. The molecular formula is C12H18N2O3S. The average molecular weight is 270 g/mol. The molecule has 0 atom stereocenters. The highest BCUT2D eigenvalue weighted by Gasteiger charge is 2.28. The first-order valence-corrected chi connectivity index (χ1v) is 7.39. The van der Waals surface area contributed by atoms with Crippen LogP contribution in [0.1, 0.15) is 17.9 Å². The maximum absolute atomic E-state index is 12.4. The zero-order valence-corrected chi connectivity index (χ0v) is 11.5. The van der Waals surface area contributed by atoms with Gasteiger partial charge in [-0.15, -0.1) is 0 Å². The monoisotopic (exact) mass is 270 g/mol. The highest BCUT2D eigenvalue weighted by Crippen LogP contribution is 2.24. The number of aryl methyl sites for hydroxylation is 1. The molecule has 0 saturated heterocycles. The lowest BCUT2D eigenvalue weighted by Gasteiger charge is -2.22. The Morgan fingerprint density at radius 3 is 2.83 bits per heavy atom. The molecule has 1 aromatic heterocycles. The molecule has 0 radical (unpaired) electrons. The fourth-order valence-corrected chi connectivity index (χ4v) is 3.61. The number of hydrogen-bond donors (Lipinski definition) is 1. The van der Waals surface area contributed by atoms with Crippen LogP contribution in [-0.4, -0.2) is 32.9 Å². The number of furan rings is 1. The first-order valence-electron chi connectivity index (χ1n) is 5.95. The average Bonchev–Trinajstić information content (AvgIpc) is 2.73. The van der Waals surface area contributed by atoms with Gasteiger partial charge < -0.3 is 9.73 Å². The zero-order valence-electron chi connectivity index (χ0n) is 10.6. The first kappa shape index (κ1) is 13.3. The molecule has 0 unspecified atom stereocenters. The summed E-state index contributed by atoms with van der Waals surface area (Å²) in [6, 6.07) is 1.61. The fraction of sp³-hybridized carbons (Fsp3) is 0.500. The van der Waals surface area contributed by atoms with Crippen molar-refractivity contribution in [1.82, 2.24) is 9.62 Å². The molecule has 1 aliphatic heterocycles. The van der Waals surface area contributed by atoms with Gasteiger partial charge >= 0.3 is 0 Å². The molecule has 1 aromatic rings. The van der Waals surface area contributed by atoms with Crippen molar-refractivity contribution in [3.8, 4) is 0 Å². The third kappa shape index (κ3) is 2.50. The summed E-state index contributed by atoms with van der Waals surface area (Å²) in [6.45, 7) is 3.18. The van der Waals surface area contributed by atoms with Crippen LogP contribution in [0.4, 0.5) is 0 Å². The molecular weight excluding hydrogens is 252 g/mol. The van der Waals surface area contributed by atoms with Crippen molar-refractivity contribution in [2.75, 3.05) is 20.1 Å². The van der Waals surface area contributed by atoms with Crippen molar-refractivity contribution in [1.29, 1.82) is 0 Å². The SMILES string of the molecule is CNCc1cc(S(=O)(=O)N2CC=CCC2)c(C)o1. The molecule has 0 amide bonds. The summed E-state index contributed by atoms with van der Waals surface area (Å²) in [5.41, 5.74) is 0. The van der Waals surface area contributed by atoms with Crippen molar-refractivity contribution in [2.45, 2.75) is 24.8 Å². The lowest BCUT2D eigenvalue weighted by molar-refractivity contribution is 0.432. The lowest BCUT2D eigenvalue weighted by Crippen LogP contribution is -2.33. The van der Waals surface area contributed by atoms with Crippen molar-refractivity contribution in [2.24, 2.45) is 0 Å². The number of rotatable bonds is 4. The van der Waals surface area contributed by atoms with Crippen LogP contribution in [0.15, 0.2) is 27.5 Å². The molecule has 0 saturated carbocycles. The lowest BCUT2D eigenvalue weighted by atomic mass is 10.3. The number of sulfonamides is 1. The molecule has 1 aliphatic rings. The Balaban J connectivity index is 2.31. The van der Waals surface area contributed by atoms with E-state index in [1.807, 2.05) is 12.2 Å². The van der Waals surface area contributed by atoms with E-state index in [1.165, 1.54) is 4.31 Å². The van der Waals surface area contributed by atoms with Crippen molar-refractivity contribution >= 4 is 10.0 Å². The first-order chi connectivity index (χ1) is 8.55. The third-order valence-corrected chi connectivity index (χ3v) is 4.89. The molecule has 5 nitrogen and oxygen atoms in total. The summed E-state index contributed by atoms with van der Waals surface area (Å²) in [5.74, 6) is 1.09. The molecule has 0 aliphatic carbocycles. The highest BCUT2D eigenvalue weighted by molar-refractivity contribution is 7.89. The Kier molecular flexibility index (Phi) is 3.89. The van der Waals surface area contributed by atoms with Crippen LogP contribution in [0.25, 0.3) is 0 Å². The maximum atomic E-state index is 12.4. The van der Waals surface area contributed by atoms with E-state index in [0.29, 0.717) is 31.2 Å². The Bertz CT molecular complexity index is 546. The standard InChI is InChI=1S/C12H18N2O3S/c1-10-12(8-11(17-10)9-13-2)18(15,16)14-6-4-3-5-7-14/h3-4,8,13H,5-7,9H2,1-2H3. The van der Waals surface area contributed by atoms with E-state index in [0.717, 1.165) is 6.42 Å². The summed E-state index contributed by atoms with van der Waals surface area (Å²) in [6.07, 6.45) is 4.64. The van der Waals surface area contributed by atoms with Crippen LogP contribution in [-0.2, 0) is 16.6 Å². The van der Waals surface area contributed by atoms with Gasteiger partial charge in [-0.05, 0) is 20.4 Å². The molecule has 100 valence electrons. The van der Waals surface area contributed by atoms with Gasteiger partial charge in [-0.3, -0.25) is 0 Å². The van der Waals surface area contributed by atoms with E-state index in [9.17, 15) is 8.42 Å². The minimum Gasteiger partial charge on any atom is -0.464 e. The zero-order chi connectivity index (χ0) is 13.2. The number of nitrogens with zero attached hydrogens (tertiary/aromatic N) is 1. The molecule has 1 N–H and O–H groups in total. The van der Waals surface area contributed by atoms with Gasteiger partial charge in [0.25, 0.3) is 0 Å². The second-order valence-electron chi connectivity index (χ2n) is 4.29. The smallest absolute Gasteiger partial charge is 0.246 e. The van der Waals surface area contributed by atoms with Crippen LogP contribution in [0.3, 0.4) is 0 Å². The quantitative estimate of drug-likeness (QED) is 0.837. The van der Waals surface area contributed by atoms with Crippen LogP contribution in [0, 0.1) is 6.92 Å². The van der Waals surface area contributed by atoms with Gasteiger partial charge in [0.05, 0.1) is 6.54 Å². The van der Waals surface area contributed by atoms with E-state index in [4.69, 9.17) is 4.42 Å². The van der Waals surface area contributed by atoms with Gasteiger partial charge in [0.15, 0.2) is 0 Å². The summed E-state index contributed by atoms with van der Waals surface area (Å²) < 4.78 is 31.8. The third-order valence-electron chi connectivity index (χ3n) is 2.91. The van der Waals surface area contributed by atoms with Crippen molar-refractivity contribution < 1.29 is 12.8 Å². The normalized spacial score (nSPS) is 17.2. The molecule has 2 rings (SSSR count). The molecule has 0 bridgehead atoms. The van der Waals surface area contributed by atoms with Gasteiger partial charge in [-0.2, -0.15) is 4.31 Å². The van der Waals surface area contributed by atoms with Crippen LogP contribution < -0.4 is 5.32 Å². The van der Waals surface area contributed by atoms with Gasteiger partial charge in [0.2, 0.25) is 10.0 Å². The molecule has 2 heterocycles. The van der Waals surface area contributed by atoms with Gasteiger partial charge in [0, 0.05) is 19.2 Å². The predicted molar refractivity (Wildman–Crippen MR) is 68.7 cm³/mol. The highest BCUT2D eigenvalue weighted by atomic mass is 32.2. The summed E-state index contributed by atoms with van der Waals surface area (Å²) in [5, 5.41) is 2.94. The van der Waals surface area contributed by atoms with E-state index >= 15 is 0 Å². The minimum absolute atomic E-state index is 0.281. The van der Waals surface area contributed by atoms with Gasteiger partial charge in [0.1, 0.15) is 16.4 Å². The van der Waals surface area contributed by atoms with Crippen molar-refractivity contribution in [3.05, 3.63) is 29.7 Å². The predicted octanol–water partition coefficient (Wildman–Crippen LogP) is 1.26. The Morgan fingerprint density at radius 2 is 2.22 bits per heavy atom. The van der Waals surface area contributed by atoms with Gasteiger partial charge in [-0.25, -0.2) is 8.42 Å². The van der Waals surface area contributed by atoms with Crippen molar-refractivity contribution in [3.63, 3.8) is 0 Å². The Hall–Kier alpha value is -1.11. The fourth-order valence-electron chi connectivity index (χ4n) is 2.02. The molecule has 6 heteroatoms. The number of hydrogen-bond acceptors (Lipinski definition) is 4. The molecule has 0 aromatic carbocycles. The van der Waals surface area contributed by atoms with E-state index in [1.54, 1.807) is 20.0 Å².